The van der Waals surface area contributed by atoms with Crippen LogP contribution in [0.5, 0.6) is 0 Å². The second-order valence-corrected chi connectivity index (χ2v) is 9.89. The summed E-state index contributed by atoms with van der Waals surface area (Å²) >= 11 is 5.90. The largest absolute Gasteiger partial charge is 0.326 e. The van der Waals surface area contributed by atoms with Crippen molar-refractivity contribution in [2.45, 2.75) is 11.8 Å². The molecule has 0 atom stereocenters. The first-order valence-corrected chi connectivity index (χ1v) is 12.6. The molecule has 0 saturated heterocycles. The van der Waals surface area contributed by atoms with Gasteiger partial charge in [-0.2, -0.15) is 5.26 Å². The fraction of sp³-hybridized carbons (Fsp3) is 0.0400. The summed E-state index contributed by atoms with van der Waals surface area (Å²) in [6.45, 7) is 1.35. The second-order valence-electron chi connectivity index (χ2n) is 7.77. The summed E-state index contributed by atoms with van der Waals surface area (Å²) in [5.74, 6) is -0.148. The van der Waals surface area contributed by atoms with Crippen molar-refractivity contribution in [3.05, 3.63) is 93.7 Å². The first kappa shape index (κ1) is 25.4. The number of nitrogens with one attached hydrogen (secondary N) is 4. The highest BCUT2D eigenvalue weighted by atomic mass is 35.5. The van der Waals surface area contributed by atoms with E-state index in [4.69, 9.17) is 11.6 Å². The zero-order valence-corrected chi connectivity index (χ0v) is 20.8. The van der Waals surface area contributed by atoms with E-state index < -0.39 is 15.6 Å². The van der Waals surface area contributed by atoms with Gasteiger partial charge in [0.05, 0.1) is 10.6 Å². The lowest BCUT2D eigenvalue weighted by Crippen LogP contribution is -2.16. The van der Waals surface area contributed by atoms with Crippen molar-refractivity contribution >= 4 is 50.5 Å². The number of sulfonamides is 1. The molecule has 186 valence electrons. The summed E-state index contributed by atoms with van der Waals surface area (Å²) in [6, 6.07) is 20.4. The number of hydrogen-bond donors (Lipinski definition) is 4. The molecule has 37 heavy (non-hydrogen) atoms. The molecule has 3 aromatic carbocycles. The lowest BCUT2D eigenvalue weighted by atomic mass is 10.1. The van der Waals surface area contributed by atoms with Crippen molar-refractivity contribution in [1.82, 2.24) is 9.97 Å². The number of anilines is 4. The van der Waals surface area contributed by atoms with Gasteiger partial charge in [0.2, 0.25) is 11.9 Å². The maximum absolute atomic E-state index is 12.8. The number of H-pyrrole nitrogens is 1. The number of halogens is 1. The Morgan fingerprint density at radius 3 is 2.14 bits per heavy atom. The Labute approximate surface area is 217 Å². The number of hydrogen-bond acceptors (Lipinski definition) is 7. The molecule has 12 heteroatoms. The van der Waals surface area contributed by atoms with Gasteiger partial charge in [-0.1, -0.05) is 23.7 Å². The number of amides is 1. The van der Waals surface area contributed by atoms with Crippen LogP contribution >= 0.6 is 11.6 Å². The highest BCUT2D eigenvalue weighted by molar-refractivity contribution is 7.92. The predicted molar refractivity (Wildman–Crippen MR) is 141 cm³/mol. The van der Waals surface area contributed by atoms with E-state index in [1.807, 2.05) is 6.07 Å². The first-order valence-electron chi connectivity index (χ1n) is 10.7. The minimum atomic E-state index is -3.91. The maximum atomic E-state index is 12.8. The third-order valence-electron chi connectivity index (χ3n) is 5.03. The molecule has 4 N–H and O–H groups in total. The van der Waals surface area contributed by atoms with Crippen molar-refractivity contribution in [1.29, 1.82) is 5.26 Å². The fourth-order valence-electron chi connectivity index (χ4n) is 3.35. The third kappa shape index (κ3) is 6.13. The van der Waals surface area contributed by atoms with Crippen molar-refractivity contribution in [3.63, 3.8) is 0 Å². The molecule has 10 nitrogen and oxygen atoms in total. The monoisotopic (exact) mass is 534 g/mol. The molecule has 0 saturated carbocycles. The minimum Gasteiger partial charge on any atom is -0.326 e. The zero-order valence-electron chi connectivity index (χ0n) is 19.2. The SMILES string of the molecule is CC(=O)Nc1ccc(S(=O)(=O)Nc2ccc(-c3nc(Nc4ccc(Cl)cc4)[nH]c(=O)c3C#N)cc2)cc1. The van der Waals surface area contributed by atoms with Gasteiger partial charge in [0, 0.05) is 34.6 Å². The molecule has 0 aliphatic carbocycles. The van der Waals surface area contributed by atoms with Crippen LogP contribution in [0, 0.1) is 11.3 Å². The third-order valence-corrected chi connectivity index (χ3v) is 6.68. The van der Waals surface area contributed by atoms with Gasteiger partial charge in [-0.15, -0.1) is 0 Å². The smallest absolute Gasteiger partial charge is 0.270 e. The van der Waals surface area contributed by atoms with Crippen LogP contribution in [0.3, 0.4) is 0 Å². The molecule has 1 aromatic heterocycles. The van der Waals surface area contributed by atoms with E-state index in [9.17, 15) is 23.3 Å². The lowest BCUT2D eigenvalue weighted by Gasteiger charge is -2.11. The summed E-state index contributed by atoms with van der Waals surface area (Å²) in [6.07, 6.45) is 0. The predicted octanol–water partition coefficient (Wildman–Crippen LogP) is 4.46. The van der Waals surface area contributed by atoms with Crippen LogP contribution < -0.4 is 20.9 Å². The Hall–Kier alpha value is -4.66. The van der Waals surface area contributed by atoms with Crippen molar-refractivity contribution in [2.24, 2.45) is 0 Å². The quantitative estimate of drug-likeness (QED) is 0.272. The molecule has 0 fully saturated rings. The van der Waals surface area contributed by atoms with Crippen LogP contribution in [0.4, 0.5) is 23.0 Å². The number of aromatic amines is 1. The van der Waals surface area contributed by atoms with E-state index >= 15 is 0 Å². The normalized spacial score (nSPS) is 10.8. The van der Waals surface area contributed by atoms with Crippen LogP contribution in [-0.4, -0.2) is 24.3 Å². The number of nitriles is 1. The van der Waals surface area contributed by atoms with Crippen molar-refractivity contribution in [2.75, 3.05) is 15.4 Å². The average molecular weight is 535 g/mol. The van der Waals surface area contributed by atoms with Crippen molar-refractivity contribution in [3.8, 4) is 17.3 Å². The van der Waals surface area contributed by atoms with E-state index in [-0.39, 0.29) is 33.7 Å². The van der Waals surface area contributed by atoms with Gasteiger partial charge in [0.1, 0.15) is 11.6 Å². The van der Waals surface area contributed by atoms with Gasteiger partial charge in [0.25, 0.3) is 15.6 Å². The molecule has 0 radical (unpaired) electrons. The minimum absolute atomic E-state index is 0.00613. The Morgan fingerprint density at radius 1 is 0.946 bits per heavy atom. The summed E-state index contributed by atoms with van der Waals surface area (Å²) in [4.78, 5) is 30.6. The van der Waals surface area contributed by atoms with Crippen LogP contribution in [0.15, 0.2) is 82.5 Å². The Bertz CT molecular complexity index is 1660. The first-order chi connectivity index (χ1) is 17.6. The highest BCUT2D eigenvalue weighted by Crippen LogP contribution is 2.25. The van der Waals surface area contributed by atoms with E-state index in [0.717, 1.165) is 0 Å². The van der Waals surface area contributed by atoms with E-state index in [0.29, 0.717) is 22.0 Å². The zero-order chi connectivity index (χ0) is 26.6. The van der Waals surface area contributed by atoms with Crippen molar-refractivity contribution < 1.29 is 13.2 Å². The molecule has 0 bridgehead atoms. The van der Waals surface area contributed by atoms with E-state index in [1.54, 1.807) is 36.4 Å². The number of nitrogens with zero attached hydrogens (tertiary/aromatic N) is 2. The summed E-state index contributed by atoms with van der Waals surface area (Å²) < 4.78 is 28.0. The van der Waals surface area contributed by atoms with Crippen LogP contribution in [0.1, 0.15) is 12.5 Å². The van der Waals surface area contributed by atoms with E-state index in [1.165, 1.54) is 43.3 Å². The molecule has 0 aliphatic rings. The standard InChI is InChI=1S/C25H19ClN6O4S/c1-15(33)28-18-10-12-21(13-11-18)37(35,36)32-20-6-2-16(3-7-20)23-22(14-27)24(34)31-25(30-23)29-19-8-4-17(26)5-9-19/h2-13,32H,1H3,(H,28,33)(H2,29,30,31,34). The number of aromatic nitrogens is 2. The van der Waals surface area contributed by atoms with Crippen LogP contribution in [0.2, 0.25) is 5.02 Å². The number of benzene rings is 3. The number of carbonyl (C=O) groups is 1. The van der Waals surface area contributed by atoms with Gasteiger partial charge in [0.15, 0.2) is 0 Å². The van der Waals surface area contributed by atoms with Gasteiger partial charge in [-0.25, -0.2) is 13.4 Å². The maximum Gasteiger partial charge on any atom is 0.270 e. The van der Waals surface area contributed by atoms with Gasteiger partial charge >= 0.3 is 0 Å². The molecule has 1 heterocycles. The summed E-state index contributed by atoms with van der Waals surface area (Å²) in [5.41, 5.74) is 1.11. The van der Waals surface area contributed by atoms with Crippen LogP contribution in [-0.2, 0) is 14.8 Å². The second kappa shape index (κ2) is 10.5. The van der Waals surface area contributed by atoms with Gasteiger partial charge in [-0.3, -0.25) is 19.3 Å². The Kier molecular flexibility index (Phi) is 7.24. The van der Waals surface area contributed by atoms with Gasteiger partial charge < -0.3 is 10.6 Å². The molecule has 0 aliphatic heterocycles. The molecule has 0 spiro atoms. The van der Waals surface area contributed by atoms with Gasteiger partial charge in [-0.05, 0) is 60.7 Å². The molecule has 0 unspecified atom stereocenters. The number of carbonyl (C=O) groups excluding carboxylic acids is 1. The fourth-order valence-corrected chi connectivity index (χ4v) is 4.53. The molecule has 4 aromatic rings. The highest BCUT2D eigenvalue weighted by Gasteiger charge is 2.16. The molecular formula is C25H19ClN6O4S. The Balaban J connectivity index is 1.58. The molecule has 1 amide bonds. The summed E-state index contributed by atoms with van der Waals surface area (Å²) in [7, 11) is -3.91. The Morgan fingerprint density at radius 2 is 1.54 bits per heavy atom. The van der Waals surface area contributed by atoms with E-state index in [2.05, 4.69) is 25.3 Å². The topological polar surface area (TPSA) is 157 Å². The summed E-state index contributed by atoms with van der Waals surface area (Å²) in [5, 5.41) is 15.6. The molecule has 4 rings (SSSR count). The number of rotatable bonds is 7. The molecular weight excluding hydrogens is 516 g/mol. The lowest BCUT2D eigenvalue weighted by molar-refractivity contribution is -0.114. The van der Waals surface area contributed by atoms with Crippen LogP contribution in [0.25, 0.3) is 11.3 Å². The average Bonchev–Trinajstić information content (AvgIpc) is 2.85.